The Balaban J connectivity index is 1.25. The normalized spacial score (nSPS) is 15.3. The summed E-state index contributed by atoms with van der Waals surface area (Å²) in [5.41, 5.74) is 0. The topological polar surface area (TPSA) is 91.1 Å². The lowest BCUT2D eigenvalue weighted by atomic mass is 10.3. The fourth-order valence-corrected chi connectivity index (χ4v) is 3.40. The van der Waals surface area contributed by atoms with Gasteiger partial charge in [0, 0.05) is 64.8 Å². The van der Waals surface area contributed by atoms with E-state index in [4.69, 9.17) is 9.15 Å². The lowest BCUT2D eigenvalue weighted by Crippen LogP contribution is -2.47. The number of anilines is 1. The molecule has 0 aromatic carbocycles. The number of hydrogen-bond donors (Lipinski definition) is 2. The third kappa shape index (κ3) is 8.55. The van der Waals surface area contributed by atoms with Crippen LogP contribution in [0.3, 0.4) is 0 Å². The number of furan rings is 1. The van der Waals surface area contributed by atoms with Crippen LogP contribution in [0.5, 0.6) is 0 Å². The Labute approximate surface area is 184 Å². The molecule has 0 saturated carbocycles. The van der Waals surface area contributed by atoms with Crippen LogP contribution in [0.2, 0.25) is 0 Å². The summed E-state index contributed by atoms with van der Waals surface area (Å²) in [7, 11) is 0. The number of aliphatic imine (C=N–C) groups is 1. The first-order chi connectivity index (χ1) is 15.3. The van der Waals surface area contributed by atoms with Gasteiger partial charge in [-0.05, 0) is 44.5 Å². The predicted molar refractivity (Wildman–Crippen MR) is 122 cm³/mol. The van der Waals surface area contributed by atoms with E-state index < -0.39 is 0 Å². The summed E-state index contributed by atoms with van der Waals surface area (Å²) in [4.78, 5) is 18.1. The molecule has 170 valence electrons. The van der Waals surface area contributed by atoms with Crippen molar-refractivity contribution in [1.29, 1.82) is 0 Å². The van der Waals surface area contributed by atoms with Crippen LogP contribution >= 0.6 is 0 Å². The molecule has 0 amide bonds. The maximum atomic E-state index is 5.60. The van der Waals surface area contributed by atoms with E-state index in [0.717, 1.165) is 82.9 Å². The van der Waals surface area contributed by atoms with E-state index in [9.17, 15) is 0 Å². The van der Waals surface area contributed by atoms with Crippen LogP contribution in [0, 0.1) is 0 Å². The van der Waals surface area contributed by atoms with Gasteiger partial charge in [-0.15, -0.1) is 0 Å². The summed E-state index contributed by atoms with van der Waals surface area (Å²) < 4.78 is 10.9. The number of aromatic nitrogens is 2. The summed E-state index contributed by atoms with van der Waals surface area (Å²) in [5.74, 6) is 2.56. The minimum absolute atomic E-state index is 0.516. The highest BCUT2D eigenvalue weighted by molar-refractivity contribution is 5.79. The number of nitrogens with one attached hydrogen (secondary N) is 2. The van der Waals surface area contributed by atoms with Gasteiger partial charge in [-0.3, -0.25) is 9.89 Å². The molecular weight excluding hydrogens is 394 g/mol. The van der Waals surface area contributed by atoms with E-state index in [1.54, 1.807) is 18.7 Å². The van der Waals surface area contributed by atoms with E-state index in [-0.39, 0.29) is 0 Å². The Morgan fingerprint density at radius 1 is 1.13 bits per heavy atom. The molecule has 2 N–H and O–H groups in total. The first kappa shape index (κ1) is 23.0. The maximum Gasteiger partial charge on any atom is 0.225 e. The monoisotopic (exact) mass is 429 g/mol. The first-order valence-corrected chi connectivity index (χ1v) is 11.2. The quantitative estimate of drug-likeness (QED) is 0.300. The molecule has 0 radical (unpaired) electrons. The zero-order valence-corrected chi connectivity index (χ0v) is 18.5. The fourth-order valence-electron chi connectivity index (χ4n) is 3.40. The molecule has 0 bridgehead atoms. The number of nitrogens with zero attached hydrogens (tertiary/aromatic N) is 5. The van der Waals surface area contributed by atoms with Gasteiger partial charge in [-0.1, -0.05) is 0 Å². The standard InChI is InChI=1S/C22H35N7O2/c1-2-23-21(25-11-6-17-30-19-20-7-3-18-31-20)24-10-5-12-28-13-15-29(16-14-28)22-26-8-4-9-27-22/h3-4,7-9,18H,2,5-6,10-17,19H2,1H3,(H2,23,24,25). The molecule has 9 heteroatoms. The lowest BCUT2D eigenvalue weighted by molar-refractivity contribution is 0.105. The van der Waals surface area contributed by atoms with Gasteiger partial charge in [0.1, 0.15) is 12.4 Å². The highest BCUT2D eigenvalue weighted by Gasteiger charge is 2.18. The second-order valence-corrected chi connectivity index (χ2v) is 7.40. The number of guanidine groups is 1. The molecule has 2 aromatic heterocycles. The van der Waals surface area contributed by atoms with Crippen LogP contribution in [0.4, 0.5) is 5.95 Å². The number of hydrogen-bond acceptors (Lipinski definition) is 7. The summed E-state index contributed by atoms with van der Waals surface area (Å²) in [6.45, 7) is 10.9. The molecule has 9 nitrogen and oxygen atoms in total. The average Bonchev–Trinajstić information content (AvgIpc) is 3.33. The van der Waals surface area contributed by atoms with Crippen molar-refractivity contribution in [3.05, 3.63) is 42.6 Å². The molecule has 1 aliphatic heterocycles. The molecule has 3 heterocycles. The van der Waals surface area contributed by atoms with Gasteiger partial charge < -0.3 is 24.7 Å². The van der Waals surface area contributed by atoms with Crippen LogP contribution in [0.1, 0.15) is 25.5 Å². The van der Waals surface area contributed by atoms with Gasteiger partial charge >= 0.3 is 0 Å². The van der Waals surface area contributed by atoms with Crippen molar-refractivity contribution < 1.29 is 9.15 Å². The maximum absolute atomic E-state index is 5.60. The second-order valence-electron chi connectivity index (χ2n) is 7.40. The summed E-state index contributed by atoms with van der Waals surface area (Å²) >= 11 is 0. The van der Waals surface area contributed by atoms with Gasteiger partial charge in [0.2, 0.25) is 5.95 Å². The Morgan fingerprint density at radius 2 is 1.97 bits per heavy atom. The molecule has 0 unspecified atom stereocenters. The van der Waals surface area contributed by atoms with Gasteiger partial charge in [-0.25, -0.2) is 9.97 Å². The lowest BCUT2D eigenvalue weighted by Gasteiger charge is -2.34. The predicted octanol–water partition coefficient (Wildman–Crippen LogP) is 1.74. The van der Waals surface area contributed by atoms with Crippen molar-refractivity contribution in [1.82, 2.24) is 25.5 Å². The molecule has 1 saturated heterocycles. The molecular formula is C22H35N7O2. The summed E-state index contributed by atoms with van der Waals surface area (Å²) in [6, 6.07) is 5.65. The highest BCUT2D eigenvalue weighted by Crippen LogP contribution is 2.09. The highest BCUT2D eigenvalue weighted by atomic mass is 16.5. The Hall–Kier alpha value is -2.65. The zero-order valence-electron chi connectivity index (χ0n) is 18.5. The second kappa shape index (κ2) is 13.6. The number of ether oxygens (including phenoxy) is 1. The van der Waals surface area contributed by atoms with Crippen molar-refractivity contribution in [2.45, 2.75) is 26.4 Å². The Kier molecular flexibility index (Phi) is 10.1. The van der Waals surface area contributed by atoms with Crippen molar-refractivity contribution in [3.8, 4) is 0 Å². The minimum atomic E-state index is 0.516. The molecule has 3 rings (SSSR count). The first-order valence-electron chi connectivity index (χ1n) is 11.2. The number of piperazine rings is 1. The van der Waals surface area contributed by atoms with Gasteiger partial charge in [0.05, 0.1) is 6.26 Å². The molecule has 2 aromatic rings. The van der Waals surface area contributed by atoms with Crippen molar-refractivity contribution in [2.24, 2.45) is 4.99 Å². The molecule has 1 aliphatic rings. The molecule has 0 atom stereocenters. The summed E-state index contributed by atoms with van der Waals surface area (Å²) in [5, 5.41) is 6.74. The van der Waals surface area contributed by atoms with E-state index in [2.05, 4.69) is 42.3 Å². The molecule has 1 fully saturated rings. The van der Waals surface area contributed by atoms with E-state index in [0.29, 0.717) is 13.2 Å². The zero-order chi connectivity index (χ0) is 21.6. The largest absolute Gasteiger partial charge is 0.467 e. The molecule has 0 spiro atoms. The van der Waals surface area contributed by atoms with Crippen molar-refractivity contribution >= 4 is 11.9 Å². The van der Waals surface area contributed by atoms with Crippen LogP contribution in [-0.4, -0.2) is 79.8 Å². The molecule has 0 aliphatic carbocycles. The van der Waals surface area contributed by atoms with Gasteiger partial charge in [0.15, 0.2) is 5.96 Å². The van der Waals surface area contributed by atoms with Crippen LogP contribution in [-0.2, 0) is 11.3 Å². The van der Waals surface area contributed by atoms with Crippen LogP contribution < -0.4 is 15.5 Å². The van der Waals surface area contributed by atoms with E-state index >= 15 is 0 Å². The Bertz CT molecular complexity index is 732. The van der Waals surface area contributed by atoms with Gasteiger partial charge in [-0.2, -0.15) is 0 Å². The van der Waals surface area contributed by atoms with E-state index in [1.807, 2.05) is 18.2 Å². The minimum Gasteiger partial charge on any atom is -0.467 e. The smallest absolute Gasteiger partial charge is 0.225 e. The van der Waals surface area contributed by atoms with Crippen molar-refractivity contribution in [2.75, 3.05) is 63.9 Å². The number of rotatable bonds is 12. The van der Waals surface area contributed by atoms with Crippen molar-refractivity contribution in [3.63, 3.8) is 0 Å². The Morgan fingerprint density at radius 3 is 2.71 bits per heavy atom. The third-order valence-corrected chi connectivity index (χ3v) is 5.04. The molecule has 31 heavy (non-hydrogen) atoms. The average molecular weight is 430 g/mol. The van der Waals surface area contributed by atoms with E-state index in [1.165, 1.54) is 0 Å². The third-order valence-electron chi connectivity index (χ3n) is 5.04. The van der Waals surface area contributed by atoms with Crippen LogP contribution in [0.15, 0.2) is 46.3 Å². The summed E-state index contributed by atoms with van der Waals surface area (Å²) in [6.07, 6.45) is 7.23. The van der Waals surface area contributed by atoms with Gasteiger partial charge in [0.25, 0.3) is 0 Å². The fraction of sp³-hybridized carbons (Fsp3) is 0.591. The SMILES string of the molecule is CCNC(=NCCCOCc1ccco1)NCCCN1CCN(c2ncccn2)CC1. The van der Waals surface area contributed by atoms with Crippen LogP contribution in [0.25, 0.3) is 0 Å².